The van der Waals surface area contributed by atoms with Crippen LogP contribution >= 0.6 is 0 Å². The first-order valence-electron chi connectivity index (χ1n) is 22.4. The van der Waals surface area contributed by atoms with Gasteiger partial charge in [0.2, 0.25) is 0 Å². The van der Waals surface area contributed by atoms with Crippen molar-refractivity contribution in [1.29, 1.82) is 0 Å². The van der Waals surface area contributed by atoms with Crippen molar-refractivity contribution in [3.63, 3.8) is 0 Å². The molecule has 0 saturated carbocycles. The van der Waals surface area contributed by atoms with Gasteiger partial charge in [0.25, 0.3) is 0 Å². The van der Waals surface area contributed by atoms with E-state index in [0.29, 0.717) is 42.5 Å². The number of para-hydroxylation sites is 3. The lowest BCUT2D eigenvalue weighted by Gasteiger charge is -2.24. The third-order valence-corrected chi connectivity index (χ3v) is 12.1. The van der Waals surface area contributed by atoms with Crippen molar-refractivity contribution < 1.29 is 17.6 Å². The van der Waals surface area contributed by atoms with Crippen LogP contribution in [0, 0.1) is 30.2 Å². The second-order valence-corrected chi connectivity index (χ2v) is 18.1. The first kappa shape index (κ1) is 44.2. The van der Waals surface area contributed by atoms with Gasteiger partial charge in [0.1, 0.15) is 22.7 Å². The molecular weight excluding hydrogens is 809 g/mol. The zero-order valence-corrected chi connectivity index (χ0v) is 37.7. The minimum atomic E-state index is -1.48. The molecule has 0 radical (unpaired) electrons. The standard InChI is InChI=1S/C54H56F4N6/c1-8-9-29-63-45-25-16-23-43(50(45)61-52(63)38-21-11-10-18-34(38)4)59-36-27-28-39(54(5,6)7)35(31-36)19-14-15-30-64-46-26-17-24-44(60-42-22-13-12-20-37(42)33(2)3)51(46)62-53(64)47-48(57)40(55)32-41(56)49(47)58/h10-13,16-18,20-28,31-33,59-60H,8-9,14-15,19,29-30H2,1-7H3. The monoisotopic (exact) mass is 864 g/mol. The molecule has 6 aromatic carbocycles. The lowest BCUT2D eigenvalue weighted by molar-refractivity contribution is 0.456. The summed E-state index contributed by atoms with van der Waals surface area (Å²) in [6.07, 6.45) is 4.13. The lowest BCUT2D eigenvalue weighted by Crippen LogP contribution is -2.14. The van der Waals surface area contributed by atoms with Gasteiger partial charge in [0.15, 0.2) is 23.3 Å². The van der Waals surface area contributed by atoms with Crippen LogP contribution in [-0.2, 0) is 24.9 Å². The average Bonchev–Trinajstić information content (AvgIpc) is 3.83. The van der Waals surface area contributed by atoms with Gasteiger partial charge < -0.3 is 19.8 Å². The molecule has 8 rings (SSSR count). The van der Waals surface area contributed by atoms with Crippen LogP contribution in [0.15, 0.2) is 109 Å². The predicted octanol–water partition coefficient (Wildman–Crippen LogP) is 15.3. The van der Waals surface area contributed by atoms with Gasteiger partial charge in [-0.05, 0) is 109 Å². The maximum absolute atomic E-state index is 15.6. The van der Waals surface area contributed by atoms with Crippen LogP contribution in [0.1, 0.15) is 95.4 Å². The van der Waals surface area contributed by atoms with Crippen molar-refractivity contribution >= 4 is 44.8 Å². The molecule has 6 nitrogen and oxygen atoms in total. The van der Waals surface area contributed by atoms with E-state index in [9.17, 15) is 8.78 Å². The first-order chi connectivity index (χ1) is 30.7. The van der Waals surface area contributed by atoms with Crippen LogP contribution in [0.2, 0.25) is 0 Å². The number of nitrogens with zero attached hydrogens (tertiary/aromatic N) is 4. The molecule has 0 aliphatic carbocycles. The van der Waals surface area contributed by atoms with Gasteiger partial charge >= 0.3 is 0 Å². The molecule has 0 atom stereocenters. The summed E-state index contributed by atoms with van der Waals surface area (Å²) in [5.41, 5.74) is 11.2. The van der Waals surface area contributed by atoms with Crippen LogP contribution < -0.4 is 10.6 Å². The smallest absolute Gasteiger partial charge is 0.172 e. The Morgan fingerprint density at radius 1 is 0.625 bits per heavy atom. The maximum atomic E-state index is 15.6. The minimum Gasteiger partial charge on any atom is -0.354 e. The summed E-state index contributed by atoms with van der Waals surface area (Å²) in [4.78, 5) is 9.99. The van der Waals surface area contributed by atoms with E-state index in [1.54, 1.807) is 4.57 Å². The molecule has 10 heteroatoms. The highest BCUT2D eigenvalue weighted by molar-refractivity contribution is 5.94. The number of benzene rings is 6. The van der Waals surface area contributed by atoms with Crippen molar-refractivity contribution in [2.45, 2.75) is 105 Å². The molecule has 0 amide bonds. The molecule has 0 unspecified atom stereocenters. The Morgan fingerprint density at radius 3 is 1.88 bits per heavy atom. The molecule has 0 spiro atoms. The Morgan fingerprint density at radius 2 is 1.22 bits per heavy atom. The van der Waals surface area contributed by atoms with Gasteiger partial charge in [-0.3, -0.25) is 0 Å². The number of imidazole rings is 2. The number of fused-ring (bicyclic) bond motifs is 2. The van der Waals surface area contributed by atoms with E-state index in [2.05, 4.69) is 124 Å². The van der Waals surface area contributed by atoms with Crippen molar-refractivity contribution in [2.24, 2.45) is 0 Å². The summed E-state index contributed by atoms with van der Waals surface area (Å²) in [6, 6.07) is 34.9. The number of anilines is 4. The second kappa shape index (κ2) is 18.4. The maximum Gasteiger partial charge on any atom is 0.172 e. The molecule has 8 aromatic rings. The summed E-state index contributed by atoms with van der Waals surface area (Å²) in [7, 11) is 0. The number of hydrogen-bond donors (Lipinski definition) is 2. The topological polar surface area (TPSA) is 59.7 Å². The van der Waals surface area contributed by atoms with E-state index < -0.39 is 28.8 Å². The fraction of sp³-hybridized carbons (Fsp3) is 0.296. The van der Waals surface area contributed by atoms with Gasteiger partial charge in [-0.2, -0.15) is 0 Å². The molecule has 330 valence electrons. The normalized spacial score (nSPS) is 11.9. The van der Waals surface area contributed by atoms with Crippen molar-refractivity contribution in [3.05, 3.63) is 155 Å². The molecule has 0 bridgehead atoms. The van der Waals surface area contributed by atoms with Crippen LogP contribution in [0.25, 0.3) is 44.8 Å². The van der Waals surface area contributed by atoms with Gasteiger partial charge in [-0.25, -0.2) is 27.5 Å². The number of unbranched alkanes of at least 4 members (excludes halogenated alkanes) is 2. The number of hydrogen-bond acceptors (Lipinski definition) is 4. The first-order valence-corrected chi connectivity index (χ1v) is 22.4. The zero-order chi connectivity index (χ0) is 45.3. The molecule has 2 heterocycles. The fourth-order valence-electron chi connectivity index (χ4n) is 8.86. The van der Waals surface area contributed by atoms with Crippen molar-refractivity contribution in [3.8, 4) is 22.8 Å². The van der Waals surface area contributed by atoms with E-state index in [0.717, 1.165) is 64.4 Å². The molecule has 2 aromatic heterocycles. The number of aromatic nitrogens is 4. The highest BCUT2D eigenvalue weighted by Gasteiger charge is 2.27. The number of aryl methyl sites for hydroxylation is 4. The average molecular weight is 865 g/mol. The van der Waals surface area contributed by atoms with E-state index >= 15 is 8.78 Å². The highest BCUT2D eigenvalue weighted by Crippen LogP contribution is 2.38. The Labute approximate surface area is 373 Å². The van der Waals surface area contributed by atoms with Crippen molar-refractivity contribution in [1.82, 2.24) is 19.1 Å². The molecule has 0 aliphatic heterocycles. The van der Waals surface area contributed by atoms with E-state index in [1.807, 2.05) is 42.5 Å². The minimum absolute atomic E-state index is 0.143. The highest BCUT2D eigenvalue weighted by atomic mass is 19.2. The Bertz CT molecular complexity index is 2950. The van der Waals surface area contributed by atoms with Crippen LogP contribution in [0.5, 0.6) is 0 Å². The summed E-state index contributed by atoms with van der Waals surface area (Å²) < 4.78 is 64.7. The van der Waals surface area contributed by atoms with E-state index in [-0.39, 0.29) is 23.2 Å². The van der Waals surface area contributed by atoms with Crippen molar-refractivity contribution in [2.75, 3.05) is 10.6 Å². The lowest BCUT2D eigenvalue weighted by atomic mass is 9.82. The van der Waals surface area contributed by atoms with Gasteiger partial charge in [0.05, 0.1) is 28.0 Å². The number of nitrogens with one attached hydrogen (secondary N) is 2. The summed E-state index contributed by atoms with van der Waals surface area (Å²) in [5, 5.41) is 7.19. The molecule has 64 heavy (non-hydrogen) atoms. The number of halogens is 4. The fourth-order valence-corrected chi connectivity index (χ4v) is 8.86. The molecule has 0 saturated heterocycles. The van der Waals surface area contributed by atoms with Crippen LogP contribution in [0.4, 0.5) is 40.3 Å². The zero-order valence-electron chi connectivity index (χ0n) is 37.7. The molecular formula is C54H56F4N6. The third kappa shape index (κ3) is 8.75. The van der Waals surface area contributed by atoms with Crippen LogP contribution in [0.3, 0.4) is 0 Å². The SMILES string of the molecule is CCCCn1c(-c2ccccc2C)nc2c(Nc3ccc(C(C)(C)C)c(CCCCn4c(-c5c(F)c(F)cc(F)c5F)nc5c(Nc6ccccc6C(C)C)cccc54)c3)cccc21. The quantitative estimate of drug-likeness (QED) is 0.0612. The summed E-state index contributed by atoms with van der Waals surface area (Å²) in [5.74, 6) is -4.91. The summed E-state index contributed by atoms with van der Waals surface area (Å²) in [6.45, 7) is 16.3. The molecule has 0 fully saturated rings. The van der Waals surface area contributed by atoms with Gasteiger partial charge in [0, 0.05) is 36.1 Å². The predicted molar refractivity (Wildman–Crippen MR) is 255 cm³/mol. The largest absolute Gasteiger partial charge is 0.354 e. The summed E-state index contributed by atoms with van der Waals surface area (Å²) >= 11 is 0. The third-order valence-electron chi connectivity index (χ3n) is 12.1. The molecule has 2 N–H and O–H groups in total. The van der Waals surface area contributed by atoms with Gasteiger partial charge in [-0.15, -0.1) is 0 Å². The molecule has 0 aliphatic rings. The van der Waals surface area contributed by atoms with E-state index in [1.165, 1.54) is 16.7 Å². The van der Waals surface area contributed by atoms with E-state index in [4.69, 9.17) is 9.97 Å². The number of rotatable bonds is 15. The van der Waals surface area contributed by atoms with Gasteiger partial charge in [-0.1, -0.05) is 109 Å². The Hall–Kier alpha value is -6.42. The van der Waals surface area contributed by atoms with Crippen LogP contribution in [-0.4, -0.2) is 19.1 Å². The Kier molecular flexibility index (Phi) is 12.7. The second-order valence-electron chi connectivity index (χ2n) is 18.1. The Balaban J connectivity index is 1.11.